The molecule has 1 saturated heterocycles. The Balaban J connectivity index is 1.80. The van der Waals surface area contributed by atoms with Gasteiger partial charge in [-0.2, -0.15) is 9.78 Å². The molecule has 0 radical (unpaired) electrons. The summed E-state index contributed by atoms with van der Waals surface area (Å²) in [5.74, 6) is -0.725. The van der Waals surface area contributed by atoms with Crippen LogP contribution in [0.15, 0.2) is 58.1 Å². The average Bonchev–Trinajstić information content (AvgIpc) is 2.87. The summed E-state index contributed by atoms with van der Waals surface area (Å²) in [6, 6.07) is 11.9. The van der Waals surface area contributed by atoms with Gasteiger partial charge in [-0.05, 0) is 29.8 Å². The molecule has 0 N–H and O–H groups in total. The van der Waals surface area contributed by atoms with Crippen LogP contribution in [0.1, 0.15) is 23.0 Å². The fourth-order valence-electron chi connectivity index (χ4n) is 3.85. The van der Waals surface area contributed by atoms with Crippen molar-refractivity contribution in [2.24, 2.45) is 0 Å². The third-order valence-corrected chi connectivity index (χ3v) is 5.83. The van der Waals surface area contributed by atoms with Crippen molar-refractivity contribution in [3.8, 4) is 11.4 Å². The molecule has 0 bridgehead atoms. The van der Waals surface area contributed by atoms with E-state index >= 15 is 0 Å². The van der Waals surface area contributed by atoms with Crippen LogP contribution in [-0.2, 0) is 11.3 Å². The maximum atomic E-state index is 13.4. The number of piperazine rings is 1. The highest BCUT2D eigenvalue weighted by molar-refractivity contribution is 5.92. The number of ether oxygens (including phenoxy) is 1. The molecule has 35 heavy (non-hydrogen) atoms. The molecule has 2 heterocycles. The van der Waals surface area contributed by atoms with E-state index in [1.165, 1.54) is 43.2 Å². The van der Waals surface area contributed by atoms with E-state index < -0.39 is 28.7 Å². The first kappa shape index (κ1) is 23.9. The smallest absolute Gasteiger partial charge is 0.352 e. The van der Waals surface area contributed by atoms with E-state index in [9.17, 15) is 23.6 Å². The Hall–Kier alpha value is -4.28. The molecule has 1 aromatic heterocycles. The van der Waals surface area contributed by atoms with E-state index in [-0.39, 0.29) is 25.5 Å². The van der Waals surface area contributed by atoms with E-state index in [1.54, 1.807) is 29.2 Å². The predicted octanol–water partition coefficient (Wildman–Crippen LogP) is 0.894. The number of nitrogens with zero attached hydrogens (tertiary/aromatic N) is 5. The quantitative estimate of drug-likeness (QED) is 0.536. The summed E-state index contributed by atoms with van der Waals surface area (Å²) in [6.07, 6.45) is 0. The SMILES string of the molecule is COc1cccc(-n2nc(C(=O)N3CCN(C(C)=O)CC3)c(=O)n(Cc3ccc(F)cc3)c2=O)c1. The molecule has 2 aromatic carbocycles. The largest absolute Gasteiger partial charge is 0.497 e. The van der Waals surface area contributed by atoms with Gasteiger partial charge in [-0.1, -0.05) is 18.2 Å². The molecule has 4 rings (SSSR count). The van der Waals surface area contributed by atoms with Crippen LogP contribution in [0.2, 0.25) is 0 Å². The summed E-state index contributed by atoms with van der Waals surface area (Å²) in [5.41, 5.74) is -1.23. The minimum absolute atomic E-state index is 0.0940. The maximum absolute atomic E-state index is 13.4. The van der Waals surface area contributed by atoms with Crippen LogP contribution in [0, 0.1) is 5.82 Å². The van der Waals surface area contributed by atoms with Crippen molar-refractivity contribution in [1.29, 1.82) is 0 Å². The summed E-state index contributed by atoms with van der Waals surface area (Å²) < 4.78 is 20.5. The summed E-state index contributed by atoms with van der Waals surface area (Å²) in [4.78, 5) is 54.6. The molecule has 2 amide bonds. The number of hydrogen-bond acceptors (Lipinski definition) is 6. The van der Waals surface area contributed by atoms with Crippen molar-refractivity contribution in [3.05, 3.63) is 86.4 Å². The highest BCUT2D eigenvalue weighted by Crippen LogP contribution is 2.15. The van der Waals surface area contributed by atoms with Gasteiger partial charge in [0.1, 0.15) is 11.6 Å². The lowest BCUT2D eigenvalue weighted by Gasteiger charge is -2.33. The fourth-order valence-corrected chi connectivity index (χ4v) is 3.85. The molecule has 1 fully saturated rings. The molecule has 0 aliphatic carbocycles. The van der Waals surface area contributed by atoms with Gasteiger partial charge in [-0.3, -0.25) is 19.0 Å². The lowest BCUT2D eigenvalue weighted by atomic mass is 10.2. The molecule has 0 spiro atoms. The van der Waals surface area contributed by atoms with Crippen LogP contribution in [0.3, 0.4) is 0 Å². The minimum Gasteiger partial charge on any atom is -0.497 e. The minimum atomic E-state index is -0.850. The van der Waals surface area contributed by atoms with Gasteiger partial charge in [0.05, 0.1) is 19.3 Å². The molecule has 10 nitrogen and oxygen atoms in total. The molecular formula is C24H24FN5O5. The van der Waals surface area contributed by atoms with Crippen molar-refractivity contribution >= 4 is 11.8 Å². The Labute approximate surface area is 199 Å². The number of amides is 2. The van der Waals surface area contributed by atoms with Gasteiger partial charge in [0.25, 0.3) is 11.5 Å². The number of rotatable bonds is 5. The van der Waals surface area contributed by atoms with Crippen LogP contribution in [0.5, 0.6) is 5.75 Å². The monoisotopic (exact) mass is 481 g/mol. The van der Waals surface area contributed by atoms with Crippen molar-refractivity contribution in [3.63, 3.8) is 0 Å². The Bertz CT molecular complexity index is 1370. The van der Waals surface area contributed by atoms with Gasteiger partial charge in [-0.25, -0.2) is 9.18 Å². The molecule has 0 saturated carbocycles. The summed E-state index contributed by atoms with van der Waals surface area (Å²) in [5, 5.41) is 4.15. The van der Waals surface area contributed by atoms with Crippen LogP contribution in [-0.4, -0.2) is 69.3 Å². The second kappa shape index (κ2) is 9.92. The van der Waals surface area contributed by atoms with Gasteiger partial charge in [0.15, 0.2) is 0 Å². The lowest BCUT2D eigenvalue weighted by molar-refractivity contribution is -0.130. The maximum Gasteiger partial charge on any atom is 0.352 e. The number of methoxy groups -OCH3 is 1. The number of carbonyl (C=O) groups is 2. The number of aromatic nitrogens is 3. The molecular weight excluding hydrogens is 457 g/mol. The number of hydrogen-bond donors (Lipinski definition) is 0. The van der Waals surface area contributed by atoms with Crippen molar-refractivity contribution < 1.29 is 18.7 Å². The van der Waals surface area contributed by atoms with Gasteiger partial charge in [-0.15, -0.1) is 0 Å². The Kier molecular flexibility index (Phi) is 6.76. The first-order chi connectivity index (χ1) is 16.8. The summed E-state index contributed by atoms with van der Waals surface area (Å²) in [7, 11) is 1.47. The predicted molar refractivity (Wildman–Crippen MR) is 124 cm³/mol. The third-order valence-electron chi connectivity index (χ3n) is 5.83. The summed E-state index contributed by atoms with van der Waals surface area (Å²) in [6.45, 7) is 2.41. The fraction of sp³-hybridized carbons (Fsp3) is 0.292. The lowest BCUT2D eigenvalue weighted by Crippen LogP contribution is -2.52. The Morgan fingerprint density at radius 2 is 1.66 bits per heavy atom. The van der Waals surface area contributed by atoms with Crippen molar-refractivity contribution in [1.82, 2.24) is 24.1 Å². The van der Waals surface area contributed by atoms with Crippen LogP contribution in [0.25, 0.3) is 5.69 Å². The Morgan fingerprint density at radius 1 is 1.00 bits per heavy atom. The molecule has 0 atom stereocenters. The van der Waals surface area contributed by atoms with Gasteiger partial charge in [0, 0.05) is 39.2 Å². The van der Waals surface area contributed by atoms with E-state index in [2.05, 4.69) is 5.10 Å². The van der Waals surface area contributed by atoms with E-state index in [0.717, 1.165) is 9.25 Å². The molecule has 1 aliphatic heterocycles. The number of benzene rings is 2. The van der Waals surface area contributed by atoms with Crippen molar-refractivity contribution in [2.45, 2.75) is 13.5 Å². The van der Waals surface area contributed by atoms with Gasteiger partial charge < -0.3 is 14.5 Å². The van der Waals surface area contributed by atoms with Gasteiger partial charge in [0.2, 0.25) is 11.6 Å². The Morgan fingerprint density at radius 3 is 2.29 bits per heavy atom. The van der Waals surface area contributed by atoms with Gasteiger partial charge >= 0.3 is 5.69 Å². The van der Waals surface area contributed by atoms with E-state index in [0.29, 0.717) is 30.1 Å². The van der Waals surface area contributed by atoms with E-state index in [1.807, 2.05) is 0 Å². The zero-order valence-corrected chi connectivity index (χ0v) is 19.3. The molecule has 3 aromatic rings. The standard InChI is InChI=1S/C24H24FN5O5/c1-16(31)27-10-12-28(13-11-27)22(32)21-23(33)29(15-17-6-8-18(25)9-7-17)24(34)30(26-21)19-4-3-5-20(14-19)35-2/h3-9,14H,10-13,15H2,1-2H3. The van der Waals surface area contributed by atoms with E-state index in [4.69, 9.17) is 4.74 Å². The zero-order chi connectivity index (χ0) is 25.1. The number of carbonyl (C=O) groups excluding carboxylic acids is 2. The third kappa shape index (κ3) is 4.98. The normalized spacial score (nSPS) is 13.6. The van der Waals surface area contributed by atoms with Crippen molar-refractivity contribution in [2.75, 3.05) is 33.3 Å². The highest BCUT2D eigenvalue weighted by atomic mass is 19.1. The second-order valence-corrected chi connectivity index (χ2v) is 8.06. The average molecular weight is 481 g/mol. The van der Waals surface area contributed by atoms with Crippen LogP contribution in [0.4, 0.5) is 4.39 Å². The molecule has 0 unspecified atom stereocenters. The molecule has 182 valence electrons. The van der Waals surface area contributed by atoms with Crippen LogP contribution < -0.4 is 16.0 Å². The first-order valence-electron chi connectivity index (χ1n) is 11.0. The summed E-state index contributed by atoms with van der Waals surface area (Å²) >= 11 is 0. The zero-order valence-electron chi connectivity index (χ0n) is 19.3. The topological polar surface area (TPSA) is 107 Å². The molecule has 1 aliphatic rings. The first-order valence-corrected chi connectivity index (χ1v) is 11.0. The number of halogens is 1. The highest BCUT2D eigenvalue weighted by Gasteiger charge is 2.28. The molecule has 11 heteroatoms. The van der Waals surface area contributed by atoms with Crippen LogP contribution >= 0.6 is 0 Å². The second-order valence-electron chi connectivity index (χ2n) is 8.06.